The van der Waals surface area contributed by atoms with Gasteiger partial charge in [0.25, 0.3) is 0 Å². The number of carbonyl (C=O) groups excluding carboxylic acids is 2. The number of nitrogens with zero attached hydrogens (tertiary/aromatic N) is 2. The standard InChI is InChI=1S/C31H40F3N3O2/c1-6-29(35-19(2)38)25-15-21(32)7-9-23(25)20-11-13-36(14-12-20)30(39)27-18-37(31(3,4)5)17-26(27)24-10-8-22(33)16-28(24)34/h7-10,15-16,20,26-27,29H,6,11-14,17-18H2,1-5H3,(H,35,38)/t26-,27?,29-/m0/s1. The van der Waals surface area contributed by atoms with Gasteiger partial charge in [-0.15, -0.1) is 0 Å². The Morgan fingerprint density at radius 3 is 2.15 bits per heavy atom. The van der Waals surface area contributed by atoms with Crippen LogP contribution in [0.3, 0.4) is 0 Å². The highest BCUT2D eigenvalue weighted by Gasteiger charge is 2.44. The highest BCUT2D eigenvalue weighted by atomic mass is 19.1. The average Bonchev–Trinajstić information content (AvgIpc) is 3.33. The van der Waals surface area contributed by atoms with E-state index in [0.717, 1.165) is 17.2 Å². The van der Waals surface area contributed by atoms with Crippen molar-refractivity contribution in [1.29, 1.82) is 0 Å². The summed E-state index contributed by atoms with van der Waals surface area (Å²) >= 11 is 0. The highest BCUT2D eigenvalue weighted by molar-refractivity contribution is 5.81. The van der Waals surface area contributed by atoms with Gasteiger partial charge in [-0.2, -0.15) is 0 Å². The van der Waals surface area contributed by atoms with E-state index in [0.29, 0.717) is 51.0 Å². The lowest BCUT2D eigenvalue weighted by molar-refractivity contribution is -0.136. The predicted molar refractivity (Wildman–Crippen MR) is 146 cm³/mol. The van der Waals surface area contributed by atoms with Crippen molar-refractivity contribution in [2.75, 3.05) is 26.2 Å². The van der Waals surface area contributed by atoms with Crippen LogP contribution < -0.4 is 5.32 Å². The van der Waals surface area contributed by atoms with Crippen molar-refractivity contribution in [3.63, 3.8) is 0 Å². The lowest BCUT2D eigenvalue weighted by atomic mass is 9.83. The molecule has 0 aliphatic carbocycles. The van der Waals surface area contributed by atoms with Crippen LogP contribution in [0.25, 0.3) is 0 Å². The van der Waals surface area contributed by atoms with Gasteiger partial charge in [-0.05, 0) is 80.8 Å². The summed E-state index contributed by atoms with van der Waals surface area (Å²) in [5.74, 6) is -2.39. The first kappa shape index (κ1) is 29.1. The summed E-state index contributed by atoms with van der Waals surface area (Å²) in [5.41, 5.74) is 1.99. The largest absolute Gasteiger partial charge is 0.350 e. The van der Waals surface area contributed by atoms with Crippen molar-refractivity contribution in [2.24, 2.45) is 5.92 Å². The quantitative estimate of drug-likeness (QED) is 0.493. The minimum Gasteiger partial charge on any atom is -0.350 e. The fraction of sp³-hybridized carbons (Fsp3) is 0.548. The molecular weight excluding hydrogens is 503 g/mol. The molecule has 2 aromatic rings. The summed E-state index contributed by atoms with van der Waals surface area (Å²) in [5, 5.41) is 2.93. The van der Waals surface area contributed by atoms with Gasteiger partial charge in [0.15, 0.2) is 0 Å². The molecule has 212 valence electrons. The molecule has 0 saturated carbocycles. The first-order chi connectivity index (χ1) is 18.4. The molecule has 2 amide bonds. The van der Waals surface area contributed by atoms with Gasteiger partial charge in [0.05, 0.1) is 12.0 Å². The molecule has 2 saturated heterocycles. The molecule has 0 aromatic heterocycles. The first-order valence-electron chi connectivity index (χ1n) is 13.9. The Labute approximate surface area is 229 Å². The monoisotopic (exact) mass is 543 g/mol. The second-order valence-corrected chi connectivity index (χ2v) is 12.0. The number of nitrogens with one attached hydrogen (secondary N) is 1. The molecule has 5 nitrogen and oxygen atoms in total. The minimum atomic E-state index is -0.629. The maximum atomic E-state index is 14.8. The van der Waals surface area contributed by atoms with E-state index < -0.39 is 17.6 Å². The van der Waals surface area contributed by atoms with Crippen LogP contribution in [0.15, 0.2) is 36.4 Å². The maximum absolute atomic E-state index is 14.8. The van der Waals surface area contributed by atoms with E-state index in [1.807, 2.05) is 17.9 Å². The summed E-state index contributed by atoms with van der Waals surface area (Å²) in [6.07, 6.45) is 2.07. The summed E-state index contributed by atoms with van der Waals surface area (Å²) in [4.78, 5) is 29.7. The third kappa shape index (κ3) is 6.48. The first-order valence-corrected chi connectivity index (χ1v) is 13.9. The van der Waals surface area contributed by atoms with Crippen molar-refractivity contribution in [3.8, 4) is 0 Å². The van der Waals surface area contributed by atoms with Crippen LogP contribution in [0, 0.1) is 23.4 Å². The maximum Gasteiger partial charge on any atom is 0.227 e. The molecule has 3 atom stereocenters. The third-order valence-electron chi connectivity index (χ3n) is 8.40. The van der Waals surface area contributed by atoms with Crippen LogP contribution in [0.5, 0.6) is 0 Å². The number of halogens is 3. The smallest absolute Gasteiger partial charge is 0.227 e. The summed E-state index contributed by atoms with van der Waals surface area (Å²) < 4.78 is 42.7. The lowest BCUT2D eigenvalue weighted by Gasteiger charge is -2.36. The summed E-state index contributed by atoms with van der Waals surface area (Å²) in [6.45, 7) is 11.8. The number of hydrogen-bond acceptors (Lipinski definition) is 3. The number of amides is 2. The molecule has 2 heterocycles. The van der Waals surface area contributed by atoms with E-state index in [1.165, 1.54) is 31.2 Å². The molecule has 39 heavy (non-hydrogen) atoms. The van der Waals surface area contributed by atoms with Gasteiger partial charge in [0, 0.05) is 50.6 Å². The van der Waals surface area contributed by atoms with E-state index in [-0.39, 0.29) is 41.0 Å². The Hall–Kier alpha value is -2.87. The summed E-state index contributed by atoms with van der Waals surface area (Å²) in [6, 6.07) is 8.13. The van der Waals surface area contributed by atoms with Crippen LogP contribution in [0.2, 0.25) is 0 Å². The van der Waals surface area contributed by atoms with Crippen molar-refractivity contribution in [1.82, 2.24) is 15.1 Å². The van der Waals surface area contributed by atoms with Gasteiger partial charge in [-0.25, -0.2) is 13.2 Å². The number of piperidine rings is 1. The Balaban J connectivity index is 1.52. The van der Waals surface area contributed by atoms with Gasteiger partial charge in [-0.3, -0.25) is 14.5 Å². The molecule has 2 aliphatic rings. The molecule has 1 unspecified atom stereocenters. The Bertz CT molecular complexity index is 1200. The molecule has 0 spiro atoms. The zero-order chi connectivity index (χ0) is 28.5. The number of benzene rings is 2. The van der Waals surface area contributed by atoms with Gasteiger partial charge in [0.2, 0.25) is 11.8 Å². The molecule has 2 aromatic carbocycles. The van der Waals surface area contributed by atoms with E-state index >= 15 is 0 Å². The van der Waals surface area contributed by atoms with E-state index in [4.69, 9.17) is 0 Å². The number of carbonyl (C=O) groups is 2. The zero-order valence-electron chi connectivity index (χ0n) is 23.6. The minimum absolute atomic E-state index is 0.00191. The van der Waals surface area contributed by atoms with Gasteiger partial charge >= 0.3 is 0 Å². The molecule has 8 heteroatoms. The van der Waals surface area contributed by atoms with Crippen LogP contribution >= 0.6 is 0 Å². The molecular formula is C31H40F3N3O2. The van der Waals surface area contributed by atoms with Crippen molar-refractivity contribution < 1.29 is 22.8 Å². The van der Waals surface area contributed by atoms with Crippen molar-refractivity contribution in [2.45, 2.75) is 77.3 Å². The van der Waals surface area contributed by atoms with Gasteiger partial charge in [0.1, 0.15) is 17.5 Å². The second-order valence-electron chi connectivity index (χ2n) is 12.0. The van der Waals surface area contributed by atoms with Crippen LogP contribution in [-0.4, -0.2) is 53.3 Å². The molecule has 0 bridgehead atoms. The molecule has 2 fully saturated rings. The third-order valence-corrected chi connectivity index (χ3v) is 8.40. The SMILES string of the molecule is CC[C@H](NC(C)=O)c1cc(F)ccc1C1CCN(C(=O)C2CN(C(C)(C)C)C[C@H]2c2ccc(F)cc2F)CC1. The van der Waals surface area contributed by atoms with Crippen LogP contribution in [0.4, 0.5) is 13.2 Å². The Morgan fingerprint density at radius 1 is 0.974 bits per heavy atom. The second kappa shape index (κ2) is 11.7. The topological polar surface area (TPSA) is 52.7 Å². The van der Waals surface area contributed by atoms with Crippen LogP contribution in [0.1, 0.15) is 88.4 Å². The summed E-state index contributed by atoms with van der Waals surface area (Å²) in [7, 11) is 0. The van der Waals surface area contributed by atoms with Gasteiger partial charge < -0.3 is 10.2 Å². The molecule has 0 radical (unpaired) electrons. The van der Waals surface area contributed by atoms with E-state index in [1.54, 1.807) is 0 Å². The van der Waals surface area contributed by atoms with Crippen molar-refractivity contribution in [3.05, 3.63) is 70.5 Å². The normalized spacial score (nSPS) is 21.7. The zero-order valence-corrected chi connectivity index (χ0v) is 23.6. The lowest BCUT2D eigenvalue weighted by Crippen LogP contribution is -2.44. The predicted octanol–water partition coefficient (Wildman–Crippen LogP) is 5.91. The average molecular weight is 544 g/mol. The fourth-order valence-electron chi connectivity index (χ4n) is 6.23. The number of rotatable bonds is 6. The molecule has 1 N–H and O–H groups in total. The highest BCUT2D eigenvalue weighted by Crippen LogP contribution is 2.40. The number of hydrogen-bond donors (Lipinski definition) is 1. The number of likely N-dealkylation sites (tertiary alicyclic amines) is 2. The Kier molecular flexibility index (Phi) is 8.74. The Morgan fingerprint density at radius 2 is 1.59 bits per heavy atom. The fourth-order valence-corrected chi connectivity index (χ4v) is 6.23. The van der Waals surface area contributed by atoms with Crippen LogP contribution in [-0.2, 0) is 9.59 Å². The van der Waals surface area contributed by atoms with E-state index in [2.05, 4.69) is 31.0 Å². The molecule has 2 aliphatic heterocycles. The van der Waals surface area contributed by atoms with E-state index in [9.17, 15) is 22.8 Å². The van der Waals surface area contributed by atoms with Crippen molar-refractivity contribution >= 4 is 11.8 Å². The van der Waals surface area contributed by atoms with Gasteiger partial charge in [-0.1, -0.05) is 19.1 Å². The molecule has 4 rings (SSSR count).